The normalized spacial score (nSPS) is 19.1. The van der Waals surface area contributed by atoms with Gasteiger partial charge in [-0.2, -0.15) is 0 Å². The fourth-order valence-electron chi connectivity index (χ4n) is 8.39. The second-order valence-electron chi connectivity index (χ2n) is 15.1. The molecule has 0 radical (unpaired) electrons. The highest BCUT2D eigenvalue weighted by Crippen LogP contribution is 2.49. The molecule has 5 atom stereocenters. The van der Waals surface area contributed by atoms with Gasteiger partial charge < -0.3 is 28.4 Å². The van der Waals surface area contributed by atoms with Gasteiger partial charge in [0.25, 0.3) is 0 Å². The summed E-state index contributed by atoms with van der Waals surface area (Å²) >= 11 is 0. The molecule has 7 aromatic carbocycles. The lowest BCUT2D eigenvalue weighted by molar-refractivity contribution is -0.280. The summed E-state index contributed by atoms with van der Waals surface area (Å²) in [4.78, 5) is 0. The van der Waals surface area contributed by atoms with Crippen LogP contribution in [0, 0.1) is 0 Å². The Labute approximate surface area is 354 Å². The van der Waals surface area contributed by atoms with Crippen LogP contribution < -0.4 is 4.74 Å². The van der Waals surface area contributed by atoms with Crippen molar-refractivity contribution in [2.75, 3.05) is 13.7 Å². The Hall–Kier alpha value is -5.86. The molecule has 1 aliphatic rings. The van der Waals surface area contributed by atoms with Crippen LogP contribution >= 0.6 is 0 Å². The maximum absolute atomic E-state index is 7.71. The van der Waals surface area contributed by atoms with E-state index in [-0.39, 0.29) is 6.61 Å². The first-order chi connectivity index (χ1) is 29.7. The average Bonchev–Trinajstić information content (AvgIpc) is 3.32. The molecule has 0 aromatic heterocycles. The molecule has 1 heterocycles. The van der Waals surface area contributed by atoms with E-state index >= 15 is 0 Å². The van der Waals surface area contributed by atoms with Crippen LogP contribution in [-0.4, -0.2) is 44.2 Å². The third kappa shape index (κ3) is 9.61. The van der Waals surface area contributed by atoms with Gasteiger partial charge in [0, 0.05) is 0 Å². The van der Waals surface area contributed by atoms with E-state index < -0.39 is 35.9 Å². The van der Waals surface area contributed by atoms with E-state index in [0.717, 1.165) is 44.7 Å². The Balaban J connectivity index is 1.32. The molecule has 0 saturated carbocycles. The number of ether oxygens (including phenoxy) is 6. The molecular weight excluding hydrogens is 745 g/mol. The van der Waals surface area contributed by atoms with Crippen LogP contribution in [0.25, 0.3) is 0 Å². The van der Waals surface area contributed by atoms with E-state index in [4.69, 9.17) is 28.4 Å². The van der Waals surface area contributed by atoms with Gasteiger partial charge in [-0.1, -0.05) is 194 Å². The number of hydrogen-bond acceptors (Lipinski definition) is 6. The minimum Gasteiger partial charge on any atom is -0.497 e. The molecule has 304 valence electrons. The second kappa shape index (κ2) is 20.4. The van der Waals surface area contributed by atoms with E-state index in [0.29, 0.717) is 26.4 Å². The quantitative estimate of drug-likeness (QED) is 0.0807. The van der Waals surface area contributed by atoms with Crippen LogP contribution in [0.4, 0.5) is 0 Å². The largest absolute Gasteiger partial charge is 0.497 e. The predicted molar refractivity (Wildman–Crippen MR) is 236 cm³/mol. The van der Waals surface area contributed by atoms with Crippen molar-refractivity contribution in [1.82, 2.24) is 0 Å². The number of hydrogen-bond donors (Lipinski definition) is 0. The highest BCUT2D eigenvalue weighted by molar-refractivity contribution is 5.54. The maximum atomic E-state index is 7.71. The Morgan fingerprint density at radius 3 is 1.20 bits per heavy atom. The molecular formula is C54H52O6. The Morgan fingerprint density at radius 2 is 0.767 bits per heavy atom. The van der Waals surface area contributed by atoms with Crippen molar-refractivity contribution in [2.24, 2.45) is 0 Å². The molecule has 1 fully saturated rings. The molecule has 1 saturated heterocycles. The first kappa shape index (κ1) is 40.9. The lowest BCUT2D eigenvalue weighted by Crippen LogP contribution is -2.66. The van der Waals surface area contributed by atoms with Crippen LogP contribution in [0.15, 0.2) is 206 Å². The fourth-order valence-corrected chi connectivity index (χ4v) is 8.39. The molecule has 7 aromatic rings. The van der Waals surface area contributed by atoms with E-state index in [9.17, 15) is 0 Å². The lowest BCUT2D eigenvalue weighted by Gasteiger charge is -2.53. The summed E-state index contributed by atoms with van der Waals surface area (Å²) in [7, 11) is 1.69. The minimum absolute atomic E-state index is 0.254. The van der Waals surface area contributed by atoms with Gasteiger partial charge in [0.2, 0.25) is 0 Å². The molecule has 8 rings (SSSR count). The molecule has 0 spiro atoms. The third-order valence-corrected chi connectivity index (χ3v) is 11.3. The van der Waals surface area contributed by atoms with Gasteiger partial charge in [-0.3, -0.25) is 0 Å². The molecule has 6 heteroatoms. The van der Waals surface area contributed by atoms with E-state index in [1.54, 1.807) is 7.11 Å². The summed E-state index contributed by atoms with van der Waals surface area (Å²) in [6.45, 7) is 1.70. The smallest absolute Gasteiger partial charge is 0.118 e. The molecule has 0 N–H and O–H groups in total. The molecule has 0 amide bonds. The van der Waals surface area contributed by atoms with Crippen molar-refractivity contribution in [3.63, 3.8) is 0 Å². The van der Waals surface area contributed by atoms with Crippen molar-refractivity contribution in [3.05, 3.63) is 245 Å². The zero-order valence-electron chi connectivity index (χ0n) is 34.0. The van der Waals surface area contributed by atoms with Crippen molar-refractivity contribution in [2.45, 2.75) is 62.4 Å². The standard InChI is InChI=1S/C54H52O6/c1-55-48-34-32-47(33-35-48)54(45-28-16-6-17-29-45,46-30-18-7-19-31-46)53-52(59-39-44-26-14-5-15-27-44)51(58-38-43-24-12-4-13-25-43)50(57-37-42-22-10-3-11-23-42)49(60-53)40-56-36-41-20-8-2-9-21-41/h2-35,49-53H,36-40H2,1H3/t49-,50+,51+,52-,53-/m1/s1. The Kier molecular flexibility index (Phi) is 13.9. The van der Waals surface area contributed by atoms with Crippen molar-refractivity contribution < 1.29 is 28.4 Å². The summed E-state index contributed by atoms with van der Waals surface area (Å²) in [6.07, 6.45) is -3.05. The van der Waals surface area contributed by atoms with Gasteiger partial charge in [0.05, 0.1) is 45.6 Å². The predicted octanol–water partition coefficient (Wildman–Crippen LogP) is 10.8. The van der Waals surface area contributed by atoms with E-state index in [1.807, 2.05) is 84.9 Å². The first-order valence-electron chi connectivity index (χ1n) is 20.7. The molecule has 0 unspecified atom stereocenters. The first-order valence-corrected chi connectivity index (χ1v) is 20.7. The van der Waals surface area contributed by atoms with Crippen LogP contribution in [0.5, 0.6) is 5.75 Å². The molecule has 0 bridgehead atoms. The number of rotatable bonds is 18. The van der Waals surface area contributed by atoms with Gasteiger partial charge in [-0.05, 0) is 51.1 Å². The van der Waals surface area contributed by atoms with Gasteiger partial charge >= 0.3 is 0 Å². The number of benzene rings is 7. The van der Waals surface area contributed by atoms with Crippen molar-refractivity contribution in [3.8, 4) is 5.75 Å². The Bertz CT molecular complexity index is 2230. The van der Waals surface area contributed by atoms with Gasteiger partial charge in [-0.15, -0.1) is 0 Å². The second-order valence-corrected chi connectivity index (χ2v) is 15.1. The zero-order valence-corrected chi connectivity index (χ0v) is 34.0. The van der Waals surface area contributed by atoms with Crippen LogP contribution in [-0.2, 0) is 55.5 Å². The van der Waals surface area contributed by atoms with Crippen molar-refractivity contribution in [1.29, 1.82) is 0 Å². The minimum atomic E-state index is -0.910. The summed E-state index contributed by atoms with van der Waals surface area (Å²) < 4.78 is 41.6. The summed E-state index contributed by atoms with van der Waals surface area (Å²) in [5.74, 6) is 0.765. The van der Waals surface area contributed by atoms with Gasteiger partial charge in [0.1, 0.15) is 36.3 Å². The Morgan fingerprint density at radius 1 is 0.400 bits per heavy atom. The van der Waals surface area contributed by atoms with Crippen LogP contribution in [0.2, 0.25) is 0 Å². The molecule has 6 nitrogen and oxygen atoms in total. The van der Waals surface area contributed by atoms with E-state index in [2.05, 4.69) is 121 Å². The van der Waals surface area contributed by atoms with Crippen LogP contribution in [0.3, 0.4) is 0 Å². The molecule has 0 aliphatic carbocycles. The van der Waals surface area contributed by atoms with Gasteiger partial charge in [-0.25, -0.2) is 0 Å². The maximum Gasteiger partial charge on any atom is 0.118 e. The van der Waals surface area contributed by atoms with Crippen LogP contribution in [0.1, 0.15) is 38.9 Å². The summed E-state index contributed by atoms with van der Waals surface area (Å²) in [6, 6.07) is 70.6. The molecule has 1 aliphatic heterocycles. The summed E-state index contributed by atoms with van der Waals surface area (Å²) in [5.41, 5.74) is 6.43. The number of methoxy groups -OCH3 is 1. The summed E-state index contributed by atoms with van der Waals surface area (Å²) in [5, 5.41) is 0. The SMILES string of the molecule is COc1ccc(C(c2ccccc2)(c2ccccc2)[C@@H]2O[C@H](COCc3ccccc3)[C@H](OCc3ccccc3)[C@H](OCc3ccccc3)[C@H]2OCc2ccccc2)cc1. The molecule has 60 heavy (non-hydrogen) atoms. The highest BCUT2D eigenvalue weighted by Gasteiger charge is 2.57. The van der Waals surface area contributed by atoms with Gasteiger partial charge in [0.15, 0.2) is 0 Å². The topological polar surface area (TPSA) is 55.4 Å². The van der Waals surface area contributed by atoms with Crippen molar-refractivity contribution >= 4 is 0 Å². The monoisotopic (exact) mass is 796 g/mol. The van der Waals surface area contributed by atoms with E-state index in [1.165, 1.54) is 0 Å². The average molecular weight is 797 g/mol. The zero-order chi connectivity index (χ0) is 40.8. The highest BCUT2D eigenvalue weighted by atomic mass is 16.6. The third-order valence-electron chi connectivity index (χ3n) is 11.3. The lowest BCUT2D eigenvalue weighted by atomic mass is 9.63. The fraction of sp³-hybridized carbons (Fsp3) is 0.222.